The highest BCUT2D eigenvalue weighted by Crippen LogP contribution is 2.26. The van der Waals surface area contributed by atoms with E-state index in [1.807, 2.05) is 6.92 Å². The molecule has 100 valence electrons. The predicted molar refractivity (Wildman–Crippen MR) is 73.0 cm³/mol. The zero-order valence-electron chi connectivity index (χ0n) is 10.9. The maximum absolute atomic E-state index is 12.0. The molecule has 1 amide bonds. The Kier molecular flexibility index (Phi) is 3.70. The van der Waals surface area contributed by atoms with Crippen molar-refractivity contribution in [3.05, 3.63) is 36.4 Å². The van der Waals surface area contributed by atoms with Crippen LogP contribution in [0.3, 0.4) is 0 Å². The van der Waals surface area contributed by atoms with Crippen molar-refractivity contribution in [3.8, 4) is 5.75 Å². The fourth-order valence-electron chi connectivity index (χ4n) is 1.74. The van der Waals surface area contributed by atoms with Gasteiger partial charge in [0.1, 0.15) is 18.1 Å². The van der Waals surface area contributed by atoms with Crippen LogP contribution in [0.2, 0.25) is 0 Å². The van der Waals surface area contributed by atoms with Crippen LogP contribution in [-0.2, 0) is 11.3 Å². The highest BCUT2D eigenvalue weighted by Gasteiger charge is 2.09. The summed E-state index contributed by atoms with van der Waals surface area (Å²) in [5.74, 6) is 1.20. The number of nitrogens with two attached hydrogens (primary N) is 1. The molecule has 2 aromatic rings. The quantitative estimate of drug-likeness (QED) is 0.814. The third-order valence-corrected chi connectivity index (χ3v) is 2.74. The molecule has 0 unspecified atom stereocenters. The zero-order valence-corrected chi connectivity index (χ0v) is 10.9. The van der Waals surface area contributed by atoms with Crippen LogP contribution in [0.4, 0.5) is 11.4 Å². The number of ether oxygens (including phenoxy) is 1. The van der Waals surface area contributed by atoms with Crippen molar-refractivity contribution in [1.29, 1.82) is 0 Å². The number of aromatic nitrogens is 2. The Hall–Kier alpha value is -2.50. The van der Waals surface area contributed by atoms with E-state index in [4.69, 9.17) is 10.5 Å². The van der Waals surface area contributed by atoms with Crippen LogP contribution in [0.5, 0.6) is 5.75 Å². The molecule has 0 aliphatic carbocycles. The topological polar surface area (TPSA) is 82.2 Å². The Labute approximate surface area is 111 Å². The van der Waals surface area contributed by atoms with Crippen LogP contribution in [-0.4, -0.2) is 22.6 Å². The fourth-order valence-corrected chi connectivity index (χ4v) is 1.74. The van der Waals surface area contributed by atoms with Gasteiger partial charge < -0.3 is 20.4 Å². The molecular weight excluding hydrogens is 244 g/mol. The third kappa shape index (κ3) is 3.04. The van der Waals surface area contributed by atoms with Crippen LogP contribution in [0.25, 0.3) is 0 Å². The summed E-state index contributed by atoms with van der Waals surface area (Å²) in [6.45, 7) is 2.04. The summed E-state index contributed by atoms with van der Waals surface area (Å²) in [7, 11) is 1.54. The van der Waals surface area contributed by atoms with Crippen LogP contribution in [0.1, 0.15) is 5.82 Å². The van der Waals surface area contributed by atoms with Gasteiger partial charge in [-0.25, -0.2) is 4.98 Å². The number of nitrogens with zero attached hydrogens (tertiary/aromatic N) is 2. The second kappa shape index (κ2) is 5.43. The van der Waals surface area contributed by atoms with Crippen molar-refractivity contribution in [2.75, 3.05) is 18.2 Å². The minimum Gasteiger partial charge on any atom is -0.495 e. The molecule has 1 aromatic heterocycles. The molecule has 0 fully saturated rings. The van der Waals surface area contributed by atoms with Gasteiger partial charge in [-0.3, -0.25) is 4.79 Å². The monoisotopic (exact) mass is 260 g/mol. The molecule has 0 saturated heterocycles. The first kappa shape index (κ1) is 12.9. The molecule has 3 N–H and O–H groups in total. The van der Waals surface area contributed by atoms with Gasteiger partial charge >= 0.3 is 0 Å². The first-order chi connectivity index (χ1) is 9.10. The van der Waals surface area contributed by atoms with Crippen LogP contribution in [0, 0.1) is 6.92 Å². The molecule has 19 heavy (non-hydrogen) atoms. The zero-order chi connectivity index (χ0) is 13.8. The minimum absolute atomic E-state index is 0.162. The van der Waals surface area contributed by atoms with Gasteiger partial charge in [0.15, 0.2) is 0 Å². The highest BCUT2D eigenvalue weighted by molar-refractivity contribution is 5.92. The summed E-state index contributed by atoms with van der Waals surface area (Å²) in [4.78, 5) is 16.0. The molecule has 0 bridgehead atoms. The van der Waals surface area contributed by atoms with Gasteiger partial charge in [0.25, 0.3) is 0 Å². The average molecular weight is 260 g/mol. The number of aryl methyl sites for hydroxylation is 1. The first-order valence-corrected chi connectivity index (χ1v) is 5.81. The number of imidazole rings is 1. The summed E-state index contributed by atoms with van der Waals surface area (Å²) in [6.07, 6.45) is 3.41. The van der Waals surface area contributed by atoms with E-state index in [2.05, 4.69) is 10.3 Å². The van der Waals surface area contributed by atoms with Crippen LogP contribution >= 0.6 is 0 Å². The number of hydrogen-bond acceptors (Lipinski definition) is 4. The van der Waals surface area contributed by atoms with E-state index in [9.17, 15) is 4.79 Å². The number of methoxy groups -OCH3 is 1. The van der Waals surface area contributed by atoms with Crippen LogP contribution in [0.15, 0.2) is 30.6 Å². The Morgan fingerprint density at radius 3 is 2.95 bits per heavy atom. The van der Waals surface area contributed by atoms with Gasteiger partial charge in [-0.05, 0) is 25.1 Å². The maximum Gasteiger partial charge on any atom is 0.244 e. The maximum atomic E-state index is 12.0. The predicted octanol–water partition coefficient (Wildman–Crippen LogP) is 1.42. The van der Waals surface area contributed by atoms with E-state index in [-0.39, 0.29) is 12.5 Å². The number of anilines is 2. The average Bonchev–Trinajstić information content (AvgIpc) is 2.75. The normalized spacial score (nSPS) is 10.2. The number of nitrogen functional groups attached to an aromatic ring is 1. The fraction of sp³-hybridized carbons (Fsp3) is 0.231. The lowest BCUT2D eigenvalue weighted by molar-refractivity contribution is -0.116. The van der Waals surface area contributed by atoms with Crippen molar-refractivity contribution in [2.45, 2.75) is 13.5 Å². The molecule has 0 saturated carbocycles. The van der Waals surface area contributed by atoms with E-state index < -0.39 is 0 Å². The molecule has 1 aromatic carbocycles. The van der Waals surface area contributed by atoms with Crippen molar-refractivity contribution < 1.29 is 9.53 Å². The molecular formula is C13H16N4O2. The van der Waals surface area contributed by atoms with E-state index in [0.29, 0.717) is 17.1 Å². The molecule has 0 aliphatic heterocycles. The SMILES string of the molecule is COc1ccc(N)cc1NC(=O)Cn1ccnc1C. The van der Waals surface area contributed by atoms with Gasteiger partial charge in [-0.1, -0.05) is 0 Å². The van der Waals surface area contributed by atoms with Gasteiger partial charge in [0.05, 0.1) is 12.8 Å². The molecule has 0 aliphatic rings. The highest BCUT2D eigenvalue weighted by atomic mass is 16.5. The largest absolute Gasteiger partial charge is 0.495 e. The first-order valence-electron chi connectivity index (χ1n) is 5.81. The minimum atomic E-state index is -0.162. The smallest absolute Gasteiger partial charge is 0.244 e. The molecule has 6 nitrogen and oxygen atoms in total. The van der Waals surface area contributed by atoms with Gasteiger partial charge in [0.2, 0.25) is 5.91 Å². The summed E-state index contributed by atoms with van der Waals surface area (Å²) in [6, 6.07) is 5.10. The Bertz CT molecular complexity index is 592. The van der Waals surface area contributed by atoms with E-state index >= 15 is 0 Å². The van der Waals surface area contributed by atoms with Crippen molar-refractivity contribution in [1.82, 2.24) is 9.55 Å². The van der Waals surface area contributed by atoms with E-state index in [1.165, 1.54) is 0 Å². The lowest BCUT2D eigenvalue weighted by Crippen LogP contribution is -2.19. The second-order valence-corrected chi connectivity index (χ2v) is 4.11. The number of nitrogens with one attached hydrogen (secondary N) is 1. The Morgan fingerprint density at radius 1 is 1.53 bits per heavy atom. The molecule has 0 radical (unpaired) electrons. The Morgan fingerprint density at radius 2 is 2.32 bits per heavy atom. The lowest BCUT2D eigenvalue weighted by atomic mass is 10.2. The number of benzene rings is 1. The number of carbonyl (C=O) groups excluding carboxylic acids is 1. The number of hydrogen-bond donors (Lipinski definition) is 2. The molecule has 0 atom stereocenters. The second-order valence-electron chi connectivity index (χ2n) is 4.11. The van der Waals surface area contributed by atoms with Crippen molar-refractivity contribution in [3.63, 3.8) is 0 Å². The van der Waals surface area contributed by atoms with Gasteiger partial charge in [0, 0.05) is 18.1 Å². The number of carbonyl (C=O) groups is 1. The Balaban J connectivity index is 2.11. The summed E-state index contributed by atoms with van der Waals surface area (Å²) in [5, 5.41) is 2.78. The number of rotatable bonds is 4. The standard InChI is InChI=1S/C13H16N4O2/c1-9-15-5-6-17(9)8-13(18)16-11-7-10(14)3-4-12(11)19-2/h3-7H,8,14H2,1-2H3,(H,16,18). The van der Waals surface area contributed by atoms with Crippen molar-refractivity contribution >= 4 is 17.3 Å². The van der Waals surface area contributed by atoms with Crippen LogP contribution < -0.4 is 15.8 Å². The summed E-state index contributed by atoms with van der Waals surface area (Å²) in [5.41, 5.74) is 6.82. The van der Waals surface area contributed by atoms with E-state index in [1.54, 1.807) is 42.3 Å². The third-order valence-electron chi connectivity index (χ3n) is 2.74. The molecule has 6 heteroatoms. The number of amides is 1. The molecule has 2 rings (SSSR count). The molecule has 0 spiro atoms. The lowest BCUT2D eigenvalue weighted by Gasteiger charge is -2.11. The van der Waals surface area contributed by atoms with Gasteiger partial charge in [-0.2, -0.15) is 0 Å². The summed E-state index contributed by atoms with van der Waals surface area (Å²) >= 11 is 0. The van der Waals surface area contributed by atoms with Crippen molar-refractivity contribution in [2.24, 2.45) is 0 Å². The summed E-state index contributed by atoms with van der Waals surface area (Å²) < 4.78 is 6.93. The van der Waals surface area contributed by atoms with Gasteiger partial charge in [-0.15, -0.1) is 0 Å². The van der Waals surface area contributed by atoms with E-state index in [0.717, 1.165) is 5.82 Å². The molecule has 1 heterocycles.